The van der Waals surface area contributed by atoms with Gasteiger partial charge in [-0.3, -0.25) is 14.5 Å². The van der Waals surface area contributed by atoms with Crippen molar-refractivity contribution in [3.63, 3.8) is 0 Å². The Morgan fingerprint density at radius 2 is 1.97 bits per heavy atom. The van der Waals surface area contributed by atoms with Gasteiger partial charge in [-0.2, -0.15) is 0 Å². The summed E-state index contributed by atoms with van der Waals surface area (Å²) < 4.78 is 0. The summed E-state index contributed by atoms with van der Waals surface area (Å²) in [6, 6.07) is 6.88. The summed E-state index contributed by atoms with van der Waals surface area (Å²) in [7, 11) is 0. The lowest BCUT2D eigenvalue weighted by molar-refractivity contribution is -0.141. The smallest absolute Gasteiger partial charge is 0.325 e. The number of benzene rings is 1. The molecule has 1 aromatic carbocycles. The van der Waals surface area contributed by atoms with E-state index >= 15 is 0 Å². The van der Waals surface area contributed by atoms with E-state index in [2.05, 4.69) is 26.1 Å². The predicted octanol–water partition coefficient (Wildman–Crippen LogP) is 3.83. The minimum atomic E-state index is -0.891. The summed E-state index contributed by atoms with van der Waals surface area (Å²) in [5.74, 6) is -0.216. The van der Waals surface area contributed by atoms with Gasteiger partial charge in [-0.05, 0) is 49.1 Å². The number of carbonyl (C=O) groups is 3. The number of nitrogens with zero attached hydrogens (tertiary/aromatic N) is 2. The molecule has 3 rings (SSSR count). The average Bonchev–Trinajstić information content (AvgIpc) is 2.82. The summed E-state index contributed by atoms with van der Waals surface area (Å²) in [4.78, 5) is 41.5. The van der Waals surface area contributed by atoms with Crippen molar-refractivity contribution in [3.8, 4) is 0 Å². The highest BCUT2D eigenvalue weighted by atomic mass is 35.5. The van der Waals surface area contributed by atoms with Crippen molar-refractivity contribution >= 4 is 29.4 Å². The van der Waals surface area contributed by atoms with Gasteiger partial charge in [0.2, 0.25) is 5.91 Å². The topological polar surface area (TPSA) is 69.7 Å². The van der Waals surface area contributed by atoms with Crippen molar-refractivity contribution < 1.29 is 14.4 Å². The van der Waals surface area contributed by atoms with Crippen LogP contribution in [0.1, 0.15) is 52.5 Å². The molecule has 29 heavy (non-hydrogen) atoms. The Kier molecular flexibility index (Phi) is 5.95. The lowest BCUT2D eigenvalue weighted by Gasteiger charge is -2.43. The molecular formula is C22H30ClN3O3. The van der Waals surface area contributed by atoms with E-state index < -0.39 is 11.6 Å². The molecule has 1 aliphatic carbocycles. The monoisotopic (exact) mass is 419 g/mol. The van der Waals surface area contributed by atoms with Gasteiger partial charge < -0.3 is 10.2 Å². The second kappa shape index (κ2) is 7.98. The number of urea groups is 1. The SMILES string of the molecule is CCN(Cc1ccccc1Cl)C(=O)CN1C(=O)NC2(CC(C)CC(C)(C)C2)C1=O. The van der Waals surface area contributed by atoms with Crippen LogP contribution in [0, 0.1) is 11.3 Å². The van der Waals surface area contributed by atoms with Crippen LogP contribution in [0.2, 0.25) is 5.02 Å². The van der Waals surface area contributed by atoms with E-state index in [0.29, 0.717) is 36.9 Å². The largest absolute Gasteiger partial charge is 0.337 e. The van der Waals surface area contributed by atoms with E-state index in [1.807, 2.05) is 25.1 Å². The van der Waals surface area contributed by atoms with Gasteiger partial charge in [-0.1, -0.05) is 50.6 Å². The van der Waals surface area contributed by atoms with Gasteiger partial charge in [-0.25, -0.2) is 4.79 Å². The zero-order valence-electron chi connectivity index (χ0n) is 17.6. The standard InChI is InChI=1S/C22H30ClN3O3/c1-5-25(12-16-8-6-7-9-17(16)23)18(27)13-26-19(28)22(24-20(26)29)11-15(2)10-21(3,4)14-22/h6-9,15H,5,10-14H2,1-4H3,(H,24,29). The number of halogens is 1. The maximum absolute atomic E-state index is 13.2. The lowest BCUT2D eigenvalue weighted by Crippen LogP contribution is -2.54. The minimum Gasteiger partial charge on any atom is -0.337 e. The molecule has 2 unspecified atom stereocenters. The number of hydrogen-bond donors (Lipinski definition) is 1. The van der Waals surface area contributed by atoms with Crippen molar-refractivity contribution in [1.82, 2.24) is 15.1 Å². The molecule has 6 nitrogen and oxygen atoms in total. The number of nitrogens with one attached hydrogen (secondary N) is 1. The molecule has 1 aliphatic heterocycles. The summed E-state index contributed by atoms with van der Waals surface area (Å²) in [5.41, 5.74) is -0.0979. The second-order valence-corrected chi connectivity index (χ2v) is 9.66. The Labute approximate surface area is 177 Å². The number of carbonyl (C=O) groups excluding carboxylic acids is 3. The van der Waals surface area contributed by atoms with Crippen LogP contribution in [0.25, 0.3) is 0 Å². The molecule has 2 fully saturated rings. The quantitative estimate of drug-likeness (QED) is 0.737. The van der Waals surface area contributed by atoms with Crippen molar-refractivity contribution in [2.45, 2.75) is 59.0 Å². The van der Waals surface area contributed by atoms with Gasteiger partial charge in [-0.15, -0.1) is 0 Å². The van der Waals surface area contributed by atoms with Crippen molar-refractivity contribution in [2.75, 3.05) is 13.1 Å². The zero-order valence-corrected chi connectivity index (χ0v) is 18.4. The fraction of sp³-hybridized carbons (Fsp3) is 0.591. The maximum atomic E-state index is 13.2. The van der Waals surface area contributed by atoms with E-state index in [0.717, 1.165) is 16.9 Å². The van der Waals surface area contributed by atoms with Crippen LogP contribution in [-0.2, 0) is 16.1 Å². The Morgan fingerprint density at radius 3 is 2.59 bits per heavy atom. The number of likely N-dealkylation sites (N-methyl/N-ethyl adjacent to an activating group) is 1. The van der Waals surface area contributed by atoms with Gasteiger partial charge >= 0.3 is 6.03 Å². The van der Waals surface area contributed by atoms with Crippen LogP contribution < -0.4 is 5.32 Å². The van der Waals surface area contributed by atoms with Crippen molar-refractivity contribution in [1.29, 1.82) is 0 Å². The number of imide groups is 1. The summed E-state index contributed by atoms with van der Waals surface area (Å²) in [5, 5.41) is 3.51. The first-order valence-corrected chi connectivity index (χ1v) is 10.6. The lowest BCUT2D eigenvalue weighted by atomic mass is 9.64. The van der Waals surface area contributed by atoms with Crippen LogP contribution >= 0.6 is 11.6 Å². The van der Waals surface area contributed by atoms with Crippen molar-refractivity contribution in [3.05, 3.63) is 34.9 Å². The first kappa shape index (κ1) is 21.6. The molecule has 0 radical (unpaired) electrons. The van der Waals surface area contributed by atoms with Gasteiger partial charge in [0.05, 0.1) is 0 Å². The molecule has 1 spiro atoms. The van der Waals surface area contributed by atoms with E-state index in [-0.39, 0.29) is 23.8 Å². The third kappa shape index (κ3) is 4.42. The molecule has 1 N–H and O–H groups in total. The van der Waals surface area contributed by atoms with Crippen LogP contribution in [0.15, 0.2) is 24.3 Å². The summed E-state index contributed by atoms with van der Waals surface area (Å²) >= 11 is 6.22. The zero-order chi connectivity index (χ0) is 21.4. The number of hydrogen-bond acceptors (Lipinski definition) is 3. The molecule has 0 aromatic heterocycles. The van der Waals surface area contributed by atoms with E-state index in [1.54, 1.807) is 11.0 Å². The van der Waals surface area contributed by atoms with Crippen LogP contribution in [0.5, 0.6) is 0 Å². The second-order valence-electron chi connectivity index (χ2n) is 9.26. The Morgan fingerprint density at radius 1 is 1.28 bits per heavy atom. The van der Waals surface area contributed by atoms with Gasteiger partial charge in [0.25, 0.3) is 5.91 Å². The molecule has 1 aromatic rings. The molecule has 2 aliphatic rings. The molecule has 7 heteroatoms. The number of amides is 4. The summed E-state index contributed by atoms with van der Waals surface area (Å²) in [6.07, 6.45) is 2.22. The molecule has 0 bridgehead atoms. The summed E-state index contributed by atoms with van der Waals surface area (Å²) in [6.45, 7) is 8.78. The first-order chi connectivity index (χ1) is 13.6. The minimum absolute atomic E-state index is 0.0415. The normalized spacial score (nSPS) is 26.0. The highest BCUT2D eigenvalue weighted by Gasteiger charge is 2.56. The Bertz CT molecular complexity index is 825. The molecule has 158 valence electrons. The third-order valence-corrected chi connectivity index (χ3v) is 6.34. The maximum Gasteiger partial charge on any atom is 0.325 e. The molecule has 1 heterocycles. The van der Waals surface area contributed by atoms with Crippen molar-refractivity contribution in [2.24, 2.45) is 11.3 Å². The first-order valence-electron chi connectivity index (χ1n) is 10.2. The molecular weight excluding hydrogens is 390 g/mol. The van der Waals surface area contributed by atoms with Gasteiger partial charge in [0.1, 0.15) is 12.1 Å². The molecule has 1 saturated carbocycles. The third-order valence-electron chi connectivity index (χ3n) is 5.97. The van der Waals surface area contributed by atoms with E-state index in [4.69, 9.17) is 11.6 Å². The molecule has 4 amide bonds. The Hall–Kier alpha value is -2.08. The fourth-order valence-corrected chi connectivity index (χ4v) is 5.29. The molecule has 2 atom stereocenters. The molecule has 1 saturated heterocycles. The van der Waals surface area contributed by atoms with Crippen LogP contribution in [0.4, 0.5) is 4.79 Å². The predicted molar refractivity (Wildman–Crippen MR) is 112 cm³/mol. The van der Waals surface area contributed by atoms with Crippen LogP contribution in [-0.4, -0.2) is 46.3 Å². The fourth-order valence-electron chi connectivity index (χ4n) is 5.09. The van der Waals surface area contributed by atoms with E-state index in [9.17, 15) is 14.4 Å². The van der Waals surface area contributed by atoms with Gasteiger partial charge in [0, 0.05) is 18.1 Å². The van der Waals surface area contributed by atoms with Crippen LogP contribution in [0.3, 0.4) is 0 Å². The number of rotatable bonds is 5. The average molecular weight is 420 g/mol. The highest BCUT2D eigenvalue weighted by Crippen LogP contribution is 2.46. The van der Waals surface area contributed by atoms with E-state index in [1.165, 1.54) is 0 Å². The van der Waals surface area contributed by atoms with Gasteiger partial charge in [0.15, 0.2) is 0 Å². The Balaban J connectivity index is 1.73. The highest BCUT2D eigenvalue weighted by molar-refractivity contribution is 6.31.